The standard InChI is InChI=1S/C21H26ClN3O2/c1-4-20(26)23-17-11-12-18(22)19(13-17)24-21(27)16-9-7-15(8-10-16)14-25(5-2)6-3/h7-13H,4-6,14H2,1-3H3,(H,23,26)(H,24,27). The van der Waals surface area contributed by atoms with Gasteiger partial charge in [-0.25, -0.2) is 0 Å². The van der Waals surface area contributed by atoms with Gasteiger partial charge in [0, 0.05) is 24.2 Å². The van der Waals surface area contributed by atoms with Gasteiger partial charge in [-0.2, -0.15) is 0 Å². The summed E-state index contributed by atoms with van der Waals surface area (Å²) in [4.78, 5) is 26.4. The van der Waals surface area contributed by atoms with Crippen LogP contribution in [0.2, 0.25) is 5.02 Å². The highest BCUT2D eigenvalue weighted by atomic mass is 35.5. The van der Waals surface area contributed by atoms with Crippen molar-refractivity contribution in [1.82, 2.24) is 4.90 Å². The average molecular weight is 388 g/mol. The van der Waals surface area contributed by atoms with Crippen molar-refractivity contribution in [2.75, 3.05) is 23.7 Å². The van der Waals surface area contributed by atoms with Crippen LogP contribution in [0.25, 0.3) is 0 Å². The molecule has 27 heavy (non-hydrogen) atoms. The molecule has 0 saturated heterocycles. The minimum atomic E-state index is -0.245. The van der Waals surface area contributed by atoms with Crippen molar-refractivity contribution in [2.24, 2.45) is 0 Å². The zero-order valence-electron chi connectivity index (χ0n) is 16.0. The van der Waals surface area contributed by atoms with Gasteiger partial charge in [-0.1, -0.05) is 44.5 Å². The van der Waals surface area contributed by atoms with E-state index in [0.29, 0.717) is 28.4 Å². The summed E-state index contributed by atoms with van der Waals surface area (Å²) in [5.41, 5.74) is 2.77. The molecule has 2 rings (SSSR count). The van der Waals surface area contributed by atoms with E-state index in [0.717, 1.165) is 25.2 Å². The predicted molar refractivity (Wildman–Crippen MR) is 111 cm³/mol. The van der Waals surface area contributed by atoms with Crippen LogP contribution in [-0.2, 0) is 11.3 Å². The molecular formula is C21H26ClN3O2. The van der Waals surface area contributed by atoms with Crippen LogP contribution in [0.15, 0.2) is 42.5 Å². The number of nitrogens with one attached hydrogen (secondary N) is 2. The molecule has 2 amide bonds. The number of carbonyl (C=O) groups is 2. The Morgan fingerprint density at radius 2 is 1.63 bits per heavy atom. The Kier molecular flexibility index (Phi) is 7.82. The molecule has 0 aromatic heterocycles. The lowest BCUT2D eigenvalue weighted by Crippen LogP contribution is -2.22. The van der Waals surface area contributed by atoms with E-state index in [4.69, 9.17) is 11.6 Å². The number of rotatable bonds is 8. The predicted octanol–water partition coefficient (Wildman–Crippen LogP) is 4.78. The zero-order valence-corrected chi connectivity index (χ0v) is 16.8. The molecular weight excluding hydrogens is 362 g/mol. The highest BCUT2D eigenvalue weighted by molar-refractivity contribution is 6.34. The SMILES string of the molecule is CCC(=O)Nc1ccc(Cl)c(NC(=O)c2ccc(CN(CC)CC)cc2)c1. The largest absolute Gasteiger partial charge is 0.326 e. The first-order chi connectivity index (χ1) is 13.0. The summed E-state index contributed by atoms with van der Waals surface area (Å²) in [6.45, 7) is 8.88. The highest BCUT2D eigenvalue weighted by Gasteiger charge is 2.11. The average Bonchev–Trinajstić information content (AvgIpc) is 2.68. The summed E-state index contributed by atoms with van der Waals surface area (Å²) in [5.74, 6) is -0.344. The molecule has 5 nitrogen and oxygen atoms in total. The summed E-state index contributed by atoms with van der Waals surface area (Å²) >= 11 is 6.18. The second-order valence-corrected chi connectivity index (χ2v) is 6.62. The summed E-state index contributed by atoms with van der Waals surface area (Å²) < 4.78 is 0. The summed E-state index contributed by atoms with van der Waals surface area (Å²) in [7, 11) is 0. The van der Waals surface area contributed by atoms with Crippen LogP contribution in [0.1, 0.15) is 43.1 Å². The second-order valence-electron chi connectivity index (χ2n) is 6.21. The molecule has 0 fully saturated rings. The number of nitrogens with zero attached hydrogens (tertiary/aromatic N) is 1. The van der Waals surface area contributed by atoms with Crippen molar-refractivity contribution < 1.29 is 9.59 Å². The number of anilines is 2. The lowest BCUT2D eigenvalue weighted by molar-refractivity contribution is -0.115. The number of hydrogen-bond donors (Lipinski definition) is 2. The van der Waals surface area contributed by atoms with Gasteiger partial charge in [0.05, 0.1) is 10.7 Å². The van der Waals surface area contributed by atoms with E-state index in [2.05, 4.69) is 29.4 Å². The Hall–Kier alpha value is -2.37. The lowest BCUT2D eigenvalue weighted by atomic mass is 10.1. The molecule has 0 atom stereocenters. The Labute approximate surface area is 165 Å². The fraction of sp³-hybridized carbons (Fsp3) is 0.333. The van der Waals surface area contributed by atoms with Crippen LogP contribution < -0.4 is 10.6 Å². The number of halogens is 1. The van der Waals surface area contributed by atoms with Crippen molar-refractivity contribution in [2.45, 2.75) is 33.7 Å². The summed E-state index contributed by atoms with van der Waals surface area (Å²) in [6.07, 6.45) is 0.379. The third-order valence-corrected chi connectivity index (χ3v) is 4.67. The van der Waals surface area contributed by atoms with Crippen molar-refractivity contribution in [1.29, 1.82) is 0 Å². The molecule has 0 aliphatic heterocycles. The maximum absolute atomic E-state index is 12.5. The fourth-order valence-corrected chi connectivity index (χ4v) is 2.77. The normalized spacial score (nSPS) is 10.7. The van der Waals surface area contributed by atoms with E-state index in [1.165, 1.54) is 0 Å². The molecule has 0 aliphatic rings. The summed E-state index contributed by atoms with van der Waals surface area (Å²) in [5, 5.41) is 5.98. The highest BCUT2D eigenvalue weighted by Crippen LogP contribution is 2.26. The van der Waals surface area contributed by atoms with Crippen LogP contribution in [-0.4, -0.2) is 29.8 Å². The number of benzene rings is 2. The van der Waals surface area contributed by atoms with Crippen molar-refractivity contribution in [3.05, 3.63) is 58.6 Å². The molecule has 6 heteroatoms. The number of amides is 2. The van der Waals surface area contributed by atoms with Crippen molar-refractivity contribution >= 4 is 34.8 Å². The van der Waals surface area contributed by atoms with Crippen LogP contribution in [0.4, 0.5) is 11.4 Å². The molecule has 0 heterocycles. The Bertz CT molecular complexity index is 787. The monoisotopic (exact) mass is 387 g/mol. The van der Waals surface area contributed by atoms with Crippen molar-refractivity contribution in [3.63, 3.8) is 0 Å². The molecule has 2 aromatic rings. The summed E-state index contributed by atoms with van der Waals surface area (Å²) in [6, 6.07) is 12.6. The molecule has 2 aromatic carbocycles. The van der Waals surface area contributed by atoms with Crippen LogP contribution in [0, 0.1) is 0 Å². The van der Waals surface area contributed by atoms with Gasteiger partial charge in [-0.15, -0.1) is 0 Å². The Morgan fingerprint density at radius 1 is 0.963 bits per heavy atom. The van der Waals surface area contributed by atoms with Crippen LogP contribution in [0.3, 0.4) is 0 Å². The molecule has 0 unspecified atom stereocenters. The first-order valence-electron chi connectivity index (χ1n) is 9.18. The van der Waals surface area contributed by atoms with E-state index in [1.807, 2.05) is 24.3 Å². The molecule has 0 aliphatic carbocycles. The van der Waals surface area contributed by atoms with Gasteiger partial charge in [0.15, 0.2) is 0 Å². The lowest BCUT2D eigenvalue weighted by Gasteiger charge is -2.18. The minimum Gasteiger partial charge on any atom is -0.326 e. The van der Waals surface area contributed by atoms with Gasteiger partial charge in [-0.05, 0) is 49.0 Å². The van der Waals surface area contributed by atoms with Gasteiger partial charge in [0.25, 0.3) is 5.91 Å². The second kappa shape index (κ2) is 10.1. The topological polar surface area (TPSA) is 61.4 Å². The fourth-order valence-electron chi connectivity index (χ4n) is 2.61. The van der Waals surface area contributed by atoms with E-state index in [-0.39, 0.29) is 11.8 Å². The van der Waals surface area contributed by atoms with Gasteiger partial charge < -0.3 is 10.6 Å². The van der Waals surface area contributed by atoms with Gasteiger partial charge in [0.2, 0.25) is 5.91 Å². The molecule has 144 valence electrons. The van der Waals surface area contributed by atoms with E-state index in [9.17, 15) is 9.59 Å². The number of carbonyl (C=O) groups excluding carboxylic acids is 2. The smallest absolute Gasteiger partial charge is 0.255 e. The first kappa shape index (κ1) is 20.9. The van der Waals surface area contributed by atoms with Crippen LogP contribution >= 0.6 is 11.6 Å². The minimum absolute atomic E-state index is 0.0987. The van der Waals surface area contributed by atoms with Gasteiger partial charge in [0.1, 0.15) is 0 Å². The maximum Gasteiger partial charge on any atom is 0.255 e. The Morgan fingerprint density at radius 3 is 2.22 bits per heavy atom. The quantitative estimate of drug-likeness (QED) is 0.685. The molecule has 0 bridgehead atoms. The van der Waals surface area contributed by atoms with Gasteiger partial charge in [-0.3, -0.25) is 14.5 Å². The van der Waals surface area contributed by atoms with E-state index < -0.39 is 0 Å². The van der Waals surface area contributed by atoms with Crippen LogP contribution in [0.5, 0.6) is 0 Å². The van der Waals surface area contributed by atoms with E-state index in [1.54, 1.807) is 25.1 Å². The molecule has 0 saturated carbocycles. The van der Waals surface area contributed by atoms with Crippen molar-refractivity contribution in [3.8, 4) is 0 Å². The third-order valence-electron chi connectivity index (χ3n) is 4.34. The first-order valence-corrected chi connectivity index (χ1v) is 9.56. The molecule has 2 N–H and O–H groups in total. The zero-order chi connectivity index (χ0) is 19.8. The molecule has 0 spiro atoms. The van der Waals surface area contributed by atoms with E-state index >= 15 is 0 Å². The molecule has 0 radical (unpaired) electrons. The van der Waals surface area contributed by atoms with Gasteiger partial charge >= 0.3 is 0 Å². The maximum atomic E-state index is 12.5. The Balaban J connectivity index is 2.08. The number of hydrogen-bond acceptors (Lipinski definition) is 3. The third kappa shape index (κ3) is 6.08.